The molecule has 0 radical (unpaired) electrons. The number of rotatable bonds is 2. The lowest BCUT2D eigenvalue weighted by atomic mass is 10.2. The Hall–Kier alpha value is -0.920. The zero-order valence-electron chi connectivity index (χ0n) is 11.2. The Morgan fingerprint density at radius 3 is 2.22 bits per heavy atom. The number of aryl methyl sites for hydroxylation is 2. The molecule has 1 saturated heterocycles. The molecule has 1 aliphatic heterocycles. The van der Waals surface area contributed by atoms with Crippen LogP contribution in [0.5, 0.6) is 0 Å². The van der Waals surface area contributed by atoms with Gasteiger partial charge in [0.05, 0.1) is 11.4 Å². The number of piperazine rings is 1. The van der Waals surface area contributed by atoms with Gasteiger partial charge < -0.3 is 5.32 Å². The van der Waals surface area contributed by atoms with Crippen LogP contribution in [0.15, 0.2) is 4.90 Å². The fraction of sp³-hybridized carbons (Fsp3) is 0.727. The molecule has 1 aromatic heterocycles. The fourth-order valence-electron chi connectivity index (χ4n) is 2.52. The molecule has 18 heavy (non-hydrogen) atoms. The van der Waals surface area contributed by atoms with Crippen LogP contribution >= 0.6 is 0 Å². The smallest absolute Gasteiger partial charge is 0.246 e. The number of hydrogen-bond acceptors (Lipinski definition) is 4. The average Bonchev–Trinajstić information content (AvgIpc) is 2.57. The van der Waals surface area contributed by atoms with Gasteiger partial charge in [-0.05, 0) is 27.7 Å². The van der Waals surface area contributed by atoms with Gasteiger partial charge in [0.2, 0.25) is 10.0 Å². The molecule has 102 valence electrons. The normalized spacial score (nSPS) is 26.4. The van der Waals surface area contributed by atoms with Gasteiger partial charge in [0.1, 0.15) is 4.90 Å². The molecule has 2 rings (SSSR count). The minimum atomic E-state index is -3.45. The number of aromatic nitrogens is 2. The topological polar surface area (TPSA) is 78.1 Å². The Morgan fingerprint density at radius 1 is 1.22 bits per heavy atom. The Kier molecular flexibility index (Phi) is 3.48. The maximum Gasteiger partial charge on any atom is 0.246 e. The van der Waals surface area contributed by atoms with Crippen molar-refractivity contribution in [3.63, 3.8) is 0 Å². The first kappa shape index (κ1) is 13.5. The van der Waals surface area contributed by atoms with Crippen molar-refractivity contribution in [1.82, 2.24) is 19.8 Å². The van der Waals surface area contributed by atoms with Gasteiger partial charge >= 0.3 is 0 Å². The molecule has 1 aromatic rings. The highest BCUT2D eigenvalue weighted by Crippen LogP contribution is 2.23. The first-order valence-electron chi connectivity index (χ1n) is 6.10. The second-order valence-electron chi connectivity index (χ2n) is 5.05. The number of nitrogens with one attached hydrogen (secondary N) is 2. The summed E-state index contributed by atoms with van der Waals surface area (Å²) in [4.78, 5) is 0.323. The molecule has 0 spiro atoms. The van der Waals surface area contributed by atoms with Crippen LogP contribution in [0.25, 0.3) is 0 Å². The van der Waals surface area contributed by atoms with Crippen molar-refractivity contribution in [2.45, 2.75) is 44.7 Å². The summed E-state index contributed by atoms with van der Waals surface area (Å²) >= 11 is 0. The van der Waals surface area contributed by atoms with E-state index in [1.165, 1.54) is 0 Å². The number of nitrogens with zero attached hydrogens (tertiary/aromatic N) is 2. The summed E-state index contributed by atoms with van der Waals surface area (Å²) in [5.74, 6) is 0. The van der Waals surface area contributed by atoms with Crippen molar-refractivity contribution in [3.8, 4) is 0 Å². The second kappa shape index (κ2) is 4.64. The number of sulfonamides is 1. The summed E-state index contributed by atoms with van der Waals surface area (Å²) in [6, 6.07) is 0.326. The molecule has 1 fully saturated rings. The minimum absolute atomic E-state index is 0.163. The lowest BCUT2D eigenvalue weighted by molar-refractivity contribution is 0.262. The number of H-pyrrole nitrogens is 1. The van der Waals surface area contributed by atoms with E-state index in [1.54, 1.807) is 18.2 Å². The van der Waals surface area contributed by atoms with Gasteiger partial charge in [0.25, 0.3) is 0 Å². The van der Waals surface area contributed by atoms with Crippen LogP contribution in [0.2, 0.25) is 0 Å². The molecule has 0 unspecified atom stereocenters. The highest BCUT2D eigenvalue weighted by Gasteiger charge is 2.34. The molecule has 7 heteroatoms. The van der Waals surface area contributed by atoms with E-state index in [4.69, 9.17) is 0 Å². The van der Waals surface area contributed by atoms with Gasteiger partial charge in [-0.1, -0.05) is 0 Å². The third-order valence-corrected chi connectivity index (χ3v) is 5.28. The summed E-state index contributed by atoms with van der Waals surface area (Å²) in [5, 5.41) is 10.0. The van der Waals surface area contributed by atoms with E-state index in [9.17, 15) is 8.42 Å². The molecule has 0 saturated carbocycles. The standard InChI is InChI=1S/C11H20N4O2S/c1-7-5-15(6-8(2)12-7)18(16,17)11-9(3)13-14-10(11)4/h7-8,12H,5-6H2,1-4H3,(H,13,14)/t7-,8-/m1/s1. The fourth-order valence-corrected chi connectivity index (χ4v) is 4.47. The third kappa shape index (κ3) is 2.30. The zero-order valence-corrected chi connectivity index (χ0v) is 12.0. The van der Waals surface area contributed by atoms with Crippen LogP contribution < -0.4 is 5.32 Å². The molecule has 0 bridgehead atoms. The molecule has 2 heterocycles. The van der Waals surface area contributed by atoms with Crippen LogP contribution in [0, 0.1) is 13.8 Å². The lowest BCUT2D eigenvalue weighted by Crippen LogP contribution is -2.55. The van der Waals surface area contributed by atoms with E-state index in [0.717, 1.165) is 0 Å². The Morgan fingerprint density at radius 2 is 1.78 bits per heavy atom. The highest BCUT2D eigenvalue weighted by molar-refractivity contribution is 7.89. The predicted octanol–water partition coefficient (Wildman–Crippen LogP) is 0.397. The maximum atomic E-state index is 12.6. The summed E-state index contributed by atoms with van der Waals surface area (Å²) in [5.41, 5.74) is 1.14. The molecule has 2 N–H and O–H groups in total. The van der Waals surface area contributed by atoms with Gasteiger partial charge in [-0.25, -0.2) is 8.42 Å². The van der Waals surface area contributed by atoms with Crippen LogP contribution in [0.4, 0.5) is 0 Å². The largest absolute Gasteiger partial charge is 0.309 e. The molecule has 2 atom stereocenters. The predicted molar refractivity (Wildman–Crippen MR) is 68.9 cm³/mol. The van der Waals surface area contributed by atoms with E-state index in [-0.39, 0.29) is 12.1 Å². The highest BCUT2D eigenvalue weighted by atomic mass is 32.2. The molecule has 0 aromatic carbocycles. The summed E-state index contributed by atoms with van der Waals surface area (Å²) in [7, 11) is -3.45. The SMILES string of the molecule is Cc1n[nH]c(C)c1S(=O)(=O)N1C[C@@H](C)N[C@H](C)C1. The van der Waals surface area contributed by atoms with Crippen molar-refractivity contribution < 1.29 is 8.42 Å². The van der Waals surface area contributed by atoms with Crippen molar-refractivity contribution >= 4 is 10.0 Å². The first-order chi connectivity index (χ1) is 8.32. The van der Waals surface area contributed by atoms with Gasteiger partial charge in [-0.15, -0.1) is 0 Å². The van der Waals surface area contributed by atoms with Crippen LogP contribution in [0.1, 0.15) is 25.2 Å². The van der Waals surface area contributed by atoms with Crippen molar-refractivity contribution in [2.24, 2.45) is 0 Å². The zero-order chi connectivity index (χ0) is 13.5. The van der Waals surface area contributed by atoms with E-state index in [0.29, 0.717) is 29.4 Å². The summed E-state index contributed by atoms with van der Waals surface area (Å²) < 4.78 is 26.8. The molecule has 0 aliphatic carbocycles. The third-order valence-electron chi connectivity index (χ3n) is 3.18. The van der Waals surface area contributed by atoms with Gasteiger partial charge in [0, 0.05) is 25.2 Å². The van der Waals surface area contributed by atoms with Gasteiger partial charge in [0.15, 0.2) is 0 Å². The van der Waals surface area contributed by atoms with Gasteiger partial charge in [-0.3, -0.25) is 5.10 Å². The van der Waals surface area contributed by atoms with Gasteiger partial charge in [-0.2, -0.15) is 9.40 Å². The van der Waals surface area contributed by atoms with Crippen LogP contribution in [-0.2, 0) is 10.0 Å². The minimum Gasteiger partial charge on any atom is -0.309 e. The lowest BCUT2D eigenvalue weighted by Gasteiger charge is -2.35. The number of aromatic amines is 1. The quantitative estimate of drug-likeness (QED) is 0.817. The second-order valence-corrected chi connectivity index (χ2v) is 6.93. The van der Waals surface area contributed by atoms with E-state index in [2.05, 4.69) is 15.5 Å². The van der Waals surface area contributed by atoms with E-state index >= 15 is 0 Å². The van der Waals surface area contributed by atoms with Crippen molar-refractivity contribution in [1.29, 1.82) is 0 Å². The number of hydrogen-bond donors (Lipinski definition) is 2. The van der Waals surface area contributed by atoms with Crippen molar-refractivity contribution in [2.75, 3.05) is 13.1 Å². The van der Waals surface area contributed by atoms with Crippen LogP contribution in [0.3, 0.4) is 0 Å². The molecule has 0 amide bonds. The summed E-state index contributed by atoms with van der Waals surface area (Å²) in [6.45, 7) is 8.43. The summed E-state index contributed by atoms with van der Waals surface area (Å²) in [6.07, 6.45) is 0. The van der Waals surface area contributed by atoms with E-state index < -0.39 is 10.0 Å². The first-order valence-corrected chi connectivity index (χ1v) is 7.54. The Balaban J connectivity index is 2.37. The van der Waals surface area contributed by atoms with Crippen LogP contribution in [-0.4, -0.2) is 48.1 Å². The molecule has 6 nitrogen and oxygen atoms in total. The Labute approximate surface area is 108 Å². The molecular weight excluding hydrogens is 252 g/mol. The maximum absolute atomic E-state index is 12.6. The Bertz CT molecular complexity index is 508. The molecule has 1 aliphatic rings. The monoisotopic (exact) mass is 272 g/mol. The van der Waals surface area contributed by atoms with Crippen molar-refractivity contribution in [3.05, 3.63) is 11.4 Å². The molecular formula is C11H20N4O2S. The average molecular weight is 272 g/mol. The van der Waals surface area contributed by atoms with E-state index in [1.807, 2.05) is 13.8 Å².